The van der Waals surface area contributed by atoms with E-state index in [-0.39, 0.29) is 37.7 Å². The van der Waals surface area contributed by atoms with Crippen molar-refractivity contribution in [1.29, 1.82) is 0 Å². The molecule has 0 heterocycles. The van der Waals surface area contributed by atoms with Gasteiger partial charge < -0.3 is 15.0 Å². The summed E-state index contributed by atoms with van der Waals surface area (Å²) in [5.41, 5.74) is 2.19. The lowest BCUT2D eigenvalue weighted by molar-refractivity contribution is -0.141. The van der Waals surface area contributed by atoms with Crippen molar-refractivity contribution in [3.63, 3.8) is 0 Å². The number of nitrogens with zero attached hydrogens (tertiary/aromatic N) is 2. The molecule has 3 aromatic carbocycles. The zero-order valence-corrected chi connectivity index (χ0v) is 24.6. The Labute approximate surface area is 241 Å². The number of rotatable bonds is 14. The minimum atomic E-state index is -3.60. The van der Waals surface area contributed by atoms with Gasteiger partial charge >= 0.3 is 0 Å². The second kappa shape index (κ2) is 14.7. The van der Waals surface area contributed by atoms with E-state index in [0.29, 0.717) is 29.5 Å². The number of ether oxygens (including phenoxy) is 1. The Kier molecular flexibility index (Phi) is 11.4. The minimum Gasteiger partial charge on any atom is -0.494 e. The first-order valence-electron chi connectivity index (χ1n) is 13.1. The Balaban J connectivity index is 1.82. The van der Waals surface area contributed by atoms with Crippen LogP contribution in [0.3, 0.4) is 0 Å². The second-order valence-corrected chi connectivity index (χ2v) is 11.7. The Morgan fingerprint density at radius 3 is 2.25 bits per heavy atom. The van der Waals surface area contributed by atoms with E-state index in [1.54, 1.807) is 54.4 Å². The number of hydrogen-bond acceptors (Lipinski definition) is 5. The summed E-state index contributed by atoms with van der Waals surface area (Å²) in [6.45, 7) is 2.66. The number of sulfonamides is 1. The maximum Gasteiger partial charge on any atom is 0.242 e. The fourth-order valence-corrected chi connectivity index (χ4v) is 5.61. The molecule has 8 nitrogen and oxygen atoms in total. The van der Waals surface area contributed by atoms with Crippen LogP contribution in [-0.4, -0.2) is 57.6 Å². The van der Waals surface area contributed by atoms with E-state index >= 15 is 0 Å². The number of nitrogens with one attached hydrogen (secondary N) is 1. The first-order chi connectivity index (χ1) is 19.1. The molecule has 0 saturated carbocycles. The van der Waals surface area contributed by atoms with Gasteiger partial charge in [0.1, 0.15) is 11.8 Å². The molecule has 1 atom stereocenters. The van der Waals surface area contributed by atoms with Crippen LogP contribution < -0.4 is 14.4 Å². The zero-order valence-electron chi connectivity index (χ0n) is 23.0. The highest BCUT2D eigenvalue weighted by Gasteiger charge is 2.30. The summed E-state index contributed by atoms with van der Waals surface area (Å²) < 4.78 is 31.9. The maximum atomic E-state index is 13.7. The standard InChI is InChI=1S/C30H36ClN3O5S/c1-4-39-27-17-15-26(16-18-27)34(40(3,37)38)19-9-14-29(35)33(22-24-12-8-13-25(31)20-24)28(30(36)32-2)21-23-10-6-5-7-11-23/h5-8,10-13,15-18,20,28H,4,9,14,19,21-22H2,1-3H3,(H,32,36)/t28-/m1/s1. The van der Waals surface area contributed by atoms with Crippen LogP contribution in [0.1, 0.15) is 30.9 Å². The van der Waals surface area contributed by atoms with Gasteiger partial charge in [-0.25, -0.2) is 8.42 Å². The molecule has 3 rings (SSSR count). The summed E-state index contributed by atoms with van der Waals surface area (Å²) in [6, 6.07) is 22.7. The van der Waals surface area contributed by atoms with E-state index in [0.717, 1.165) is 17.4 Å². The van der Waals surface area contributed by atoms with Gasteiger partial charge in [0.05, 0.1) is 18.6 Å². The molecule has 0 radical (unpaired) electrons. The minimum absolute atomic E-state index is 0.0475. The number of benzene rings is 3. The molecule has 0 bridgehead atoms. The van der Waals surface area contributed by atoms with Crippen molar-refractivity contribution in [1.82, 2.24) is 10.2 Å². The largest absolute Gasteiger partial charge is 0.494 e. The van der Waals surface area contributed by atoms with Crippen molar-refractivity contribution < 1.29 is 22.7 Å². The van der Waals surface area contributed by atoms with Crippen molar-refractivity contribution in [3.05, 3.63) is 95.0 Å². The summed E-state index contributed by atoms with van der Waals surface area (Å²) in [5, 5.41) is 3.22. The molecule has 0 saturated heterocycles. The van der Waals surface area contributed by atoms with Crippen molar-refractivity contribution in [2.24, 2.45) is 0 Å². The Morgan fingerprint density at radius 2 is 1.65 bits per heavy atom. The van der Waals surface area contributed by atoms with Gasteiger partial charge in [0.25, 0.3) is 0 Å². The molecule has 0 fully saturated rings. The van der Waals surface area contributed by atoms with Crippen LogP contribution in [0.4, 0.5) is 5.69 Å². The molecule has 1 N–H and O–H groups in total. The molecule has 0 aliphatic carbocycles. The number of anilines is 1. The van der Waals surface area contributed by atoms with Crippen LogP contribution in [-0.2, 0) is 32.6 Å². The van der Waals surface area contributed by atoms with E-state index in [2.05, 4.69) is 5.32 Å². The van der Waals surface area contributed by atoms with Crippen molar-refractivity contribution in [2.75, 3.05) is 30.8 Å². The van der Waals surface area contributed by atoms with Crippen molar-refractivity contribution in [2.45, 2.75) is 38.8 Å². The topological polar surface area (TPSA) is 96.0 Å². The van der Waals surface area contributed by atoms with Gasteiger partial charge in [-0.15, -0.1) is 0 Å². The third-order valence-corrected chi connectivity index (χ3v) is 7.78. The van der Waals surface area contributed by atoms with E-state index < -0.39 is 16.1 Å². The number of hydrogen-bond donors (Lipinski definition) is 1. The number of carbonyl (C=O) groups is 2. The molecule has 0 unspecified atom stereocenters. The van der Waals surface area contributed by atoms with Gasteiger partial charge in [-0.3, -0.25) is 13.9 Å². The summed E-state index contributed by atoms with van der Waals surface area (Å²) in [7, 11) is -2.06. The average molecular weight is 586 g/mol. The fraction of sp³-hybridized carbons (Fsp3) is 0.333. The molecule has 214 valence electrons. The number of halogens is 1. The molecular weight excluding hydrogens is 550 g/mol. The Bertz CT molecular complexity index is 1370. The lowest BCUT2D eigenvalue weighted by Gasteiger charge is -2.31. The quantitative estimate of drug-likeness (QED) is 0.297. The third-order valence-electron chi connectivity index (χ3n) is 6.35. The lowest BCUT2D eigenvalue weighted by Crippen LogP contribution is -2.49. The molecule has 2 amide bonds. The van der Waals surface area contributed by atoms with Crippen molar-refractivity contribution in [3.8, 4) is 5.75 Å². The summed E-state index contributed by atoms with van der Waals surface area (Å²) in [4.78, 5) is 28.3. The van der Waals surface area contributed by atoms with Crippen molar-refractivity contribution >= 4 is 39.1 Å². The summed E-state index contributed by atoms with van der Waals surface area (Å²) in [5.74, 6) is 0.0984. The number of amides is 2. The Morgan fingerprint density at radius 1 is 0.975 bits per heavy atom. The van der Waals surface area contributed by atoms with Gasteiger partial charge in [0.2, 0.25) is 21.8 Å². The van der Waals surface area contributed by atoms with Crippen LogP contribution in [0.25, 0.3) is 0 Å². The molecule has 10 heteroatoms. The highest BCUT2D eigenvalue weighted by Crippen LogP contribution is 2.23. The highest BCUT2D eigenvalue weighted by molar-refractivity contribution is 7.92. The SMILES string of the molecule is CCOc1ccc(N(CCCC(=O)N(Cc2cccc(Cl)c2)[C@H](Cc2ccccc2)C(=O)NC)S(C)(=O)=O)cc1. The highest BCUT2D eigenvalue weighted by atomic mass is 35.5. The van der Waals surface area contributed by atoms with Crippen LogP contribution in [0, 0.1) is 0 Å². The second-order valence-electron chi connectivity index (χ2n) is 9.34. The van der Waals surface area contributed by atoms with E-state index in [9.17, 15) is 18.0 Å². The zero-order chi connectivity index (χ0) is 29.1. The van der Waals surface area contributed by atoms with Crippen LogP contribution in [0.2, 0.25) is 5.02 Å². The molecule has 3 aromatic rings. The molecule has 0 aliphatic heterocycles. The average Bonchev–Trinajstić information content (AvgIpc) is 2.93. The summed E-state index contributed by atoms with van der Waals surface area (Å²) in [6.07, 6.45) is 1.77. The molecular formula is C30H36ClN3O5S. The molecule has 0 aromatic heterocycles. The molecule has 40 heavy (non-hydrogen) atoms. The maximum absolute atomic E-state index is 13.7. The molecule has 0 spiro atoms. The van der Waals surface area contributed by atoms with E-state index in [1.165, 1.54) is 4.31 Å². The monoisotopic (exact) mass is 585 g/mol. The van der Waals surface area contributed by atoms with E-state index in [4.69, 9.17) is 16.3 Å². The van der Waals surface area contributed by atoms with Gasteiger partial charge in [0.15, 0.2) is 0 Å². The fourth-order valence-electron chi connectivity index (χ4n) is 4.43. The van der Waals surface area contributed by atoms with Crippen LogP contribution in [0.15, 0.2) is 78.9 Å². The van der Waals surface area contributed by atoms with Gasteiger partial charge in [-0.05, 0) is 60.9 Å². The first kappa shape index (κ1) is 31.0. The van der Waals surface area contributed by atoms with Gasteiger partial charge in [-0.2, -0.15) is 0 Å². The first-order valence-corrected chi connectivity index (χ1v) is 15.3. The number of carbonyl (C=O) groups excluding carboxylic acids is 2. The van der Waals surface area contributed by atoms with Crippen LogP contribution >= 0.6 is 11.6 Å². The normalized spacial score (nSPS) is 11.9. The predicted octanol–water partition coefficient (Wildman–Crippen LogP) is 4.67. The van der Waals surface area contributed by atoms with Crippen LogP contribution in [0.5, 0.6) is 5.75 Å². The Hall–Kier alpha value is -3.56. The predicted molar refractivity (Wildman–Crippen MR) is 159 cm³/mol. The van der Waals surface area contributed by atoms with Gasteiger partial charge in [0, 0.05) is 38.0 Å². The van der Waals surface area contributed by atoms with E-state index in [1.807, 2.05) is 43.3 Å². The third kappa shape index (κ3) is 8.99. The number of likely N-dealkylation sites (N-methyl/N-ethyl adjacent to an activating group) is 1. The smallest absolute Gasteiger partial charge is 0.242 e. The lowest BCUT2D eigenvalue weighted by atomic mass is 10.0. The molecule has 0 aliphatic rings. The summed E-state index contributed by atoms with van der Waals surface area (Å²) >= 11 is 6.20. The van der Waals surface area contributed by atoms with Gasteiger partial charge in [-0.1, -0.05) is 54.1 Å².